The molecule has 5 heteroatoms. The molecular formula is C10H14N2O2S. The maximum absolute atomic E-state index is 11.3. The first kappa shape index (κ1) is 10.6. The maximum atomic E-state index is 11.3. The summed E-state index contributed by atoms with van der Waals surface area (Å²) >= 11 is 1.51. The van der Waals surface area contributed by atoms with Gasteiger partial charge in [-0.25, -0.2) is 4.98 Å². The molecule has 1 aliphatic rings. The lowest BCUT2D eigenvalue weighted by Crippen LogP contribution is -2.47. The summed E-state index contributed by atoms with van der Waals surface area (Å²) in [4.78, 5) is 15.5. The van der Waals surface area contributed by atoms with E-state index in [9.17, 15) is 9.90 Å². The van der Waals surface area contributed by atoms with Crippen molar-refractivity contribution in [3.63, 3.8) is 0 Å². The highest BCUT2D eigenvalue weighted by atomic mass is 32.1. The average Bonchev–Trinajstić information content (AvgIpc) is 2.71. The predicted molar refractivity (Wildman–Crippen MR) is 58.0 cm³/mol. The Kier molecular flexibility index (Phi) is 3.02. The van der Waals surface area contributed by atoms with Gasteiger partial charge in [-0.2, -0.15) is 0 Å². The molecule has 82 valence electrons. The van der Waals surface area contributed by atoms with Gasteiger partial charge in [0.2, 0.25) is 0 Å². The van der Waals surface area contributed by atoms with Gasteiger partial charge < -0.3 is 10.4 Å². The van der Waals surface area contributed by atoms with E-state index in [4.69, 9.17) is 0 Å². The van der Waals surface area contributed by atoms with Crippen LogP contribution in [-0.4, -0.2) is 29.1 Å². The molecule has 0 spiro atoms. The van der Waals surface area contributed by atoms with E-state index in [0.29, 0.717) is 13.0 Å². The Balaban J connectivity index is 2.15. The second kappa shape index (κ2) is 4.28. The van der Waals surface area contributed by atoms with Gasteiger partial charge in [0.15, 0.2) is 0 Å². The van der Waals surface area contributed by atoms with Gasteiger partial charge in [0.25, 0.3) is 0 Å². The molecule has 1 aromatic heterocycles. The second-order valence-corrected chi connectivity index (χ2v) is 4.74. The lowest BCUT2D eigenvalue weighted by molar-refractivity contribution is -0.150. The molecule has 1 saturated heterocycles. The number of carboxylic acids is 1. The molecule has 0 radical (unpaired) electrons. The number of thiazole rings is 1. The molecule has 0 aromatic carbocycles. The second-order valence-electron chi connectivity index (χ2n) is 4.02. The average molecular weight is 226 g/mol. The van der Waals surface area contributed by atoms with Crippen molar-refractivity contribution in [3.05, 3.63) is 16.6 Å². The first-order chi connectivity index (χ1) is 7.23. The van der Waals surface area contributed by atoms with E-state index in [1.165, 1.54) is 11.3 Å². The maximum Gasteiger partial charge on any atom is 0.311 e. The van der Waals surface area contributed by atoms with Crippen LogP contribution in [0.25, 0.3) is 0 Å². The third-order valence-corrected chi connectivity index (χ3v) is 3.56. The minimum absolute atomic E-state index is 0.541. The minimum Gasteiger partial charge on any atom is -0.481 e. The molecule has 1 atom stereocenters. The lowest BCUT2D eigenvalue weighted by atomic mass is 9.77. The number of nitrogens with zero attached hydrogens (tertiary/aromatic N) is 1. The molecule has 0 amide bonds. The van der Waals surface area contributed by atoms with Crippen LogP contribution in [0.4, 0.5) is 0 Å². The fraction of sp³-hybridized carbons (Fsp3) is 0.600. The van der Waals surface area contributed by atoms with Gasteiger partial charge in [0.1, 0.15) is 0 Å². The highest BCUT2D eigenvalue weighted by molar-refractivity contribution is 7.07. The van der Waals surface area contributed by atoms with Crippen molar-refractivity contribution in [1.82, 2.24) is 10.3 Å². The Bertz CT molecular complexity index is 331. The molecular weight excluding hydrogens is 212 g/mol. The van der Waals surface area contributed by atoms with Gasteiger partial charge in [-0.05, 0) is 19.4 Å². The molecule has 0 saturated carbocycles. The fourth-order valence-electron chi connectivity index (χ4n) is 2.05. The highest BCUT2D eigenvalue weighted by Crippen LogP contribution is 2.30. The topological polar surface area (TPSA) is 62.2 Å². The van der Waals surface area contributed by atoms with Crippen molar-refractivity contribution in [1.29, 1.82) is 0 Å². The summed E-state index contributed by atoms with van der Waals surface area (Å²) in [6.07, 6.45) is 2.21. The first-order valence-corrected chi connectivity index (χ1v) is 5.98. The Hall–Kier alpha value is -0.940. The van der Waals surface area contributed by atoms with Gasteiger partial charge in [0.05, 0.1) is 16.6 Å². The number of carboxylic acid groups (broad SMARTS) is 1. The van der Waals surface area contributed by atoms with Crippen molar-refractivity contribution in [2.45, 2.75) is 19.3 Å². The smallest absolute Gasteiger partial charge is 0.311 e. The van der Waals surface area contributed by atoms with Crippen LogP contribution in [0.2, 0.25) is 0 Å². The van der Waals surface area contributed by atoms with Gasteiger partial charge >= 0.3 is 5.97 Å². The molecule has 1 aromatic rings. The van der Waals surface area contributed by atoms with Gasteiger partial charge in [0, 0.05) is 18.3 Å². The van der Waals surface area contributed by atoms with E-state index >= 15 is 0 Å². The van der Waals surface area contributed by atoms with E-state index < -0.39 is 11.4 Å². The van der Waals surface area contributed by atoms with Crippen LogP contribution in [0.15, 0.2) is 10.9 Å². The number of hydrogen-bond acceptors (Lipinski definition) is 4. The van der Waals surface area contributed by atoms with Crippen LogP contribution in [0.5, 0.6) is 0 Å². The van der Waals surface area contributed by atoms with Crippen LogP contribution < -0.4 is 5.32 Å². The molecule has 4 nitrogen and oxygen atoms in total. The van der Waals surface area contributed by atoms with Crippen LogP contribution in [0.3, 0.4) is 0 Å². The third kappa shape index (κ3) is 2.18. The molecule has 1 fully saturated rings. The Labute approximate surface area is 92.3 Å². The van der Waals surface area contributed by atoms with Crippen molar-refractivity contribution < 1.29 is 9.90 Å². The summed E-state index contributed by atoms with van der Waals surface area (Å²) in [6.45, 7) is 1.48. The number of aliphatic carboxylic acids is 1. The zero-order valence-electron chi connectivity index (χ0n) is 8.40. The largest absolute Gasteiger partial charge is 0.481 e. The van der Waals surface area contributed by atoms with Crippen LogP contribution in [0.1, 0.15) is 18.5 Å². The van der Waals surface area contributed by atoms with E-state index in [1.807, 2.05) is 5.38 Å². The summed E-state index contributed by atoms with van der Waals surface area (Å²) in [7, 11) is 0. The Morgan fingerprint density at radius 1 is 1.73 bits per heavy atom. The van der Waals surface area contributed by atoms with Crippen LogP contribution in [0, 0.1) is 5.41 Å². The normalized spacial score (nSPS) is 26.4. The summed E-state index contributed by atoms with van der Waals surface area (Å²) in [5.74, 6) is -0.706. The minimum atomic E-state index is -0.706. The predicted octanol–water partition coefficient (Wildman–Crippen LogP) is 1.14. The zero-order chi connectivity index (χ0) is 10.7. The first-order valence-electron chi connectivity index (χ1n) is 5.04. The zero-order valence-corrected chi connectivity index (χ0v) is 9.22. The SMILES string of the molecule is O=C(O)C1(Cc2cscn2)CCCNC1. The summed E-state index contributed by atoms with van der Waals surface area (Å²) < 4.78 is 0. The molecule has 1 unspecified atom stereocenters. The Morgan fingerprint density at radius 3 is 3.13 bits per heavy atom. The summed E-state index contributed by atoms with van der Waals surface area (Å²) in [6, 6.07) is 0. The van der Waals surface area contributed by atoms with Crippen molar-refractivity contribution in [3.8, 4) is 0 Å². The molecule has 2 N–H and O–H groups in total. The highest BCUT2D eigenvalue weighted by Gasteiger charge is 2.40. The standard InChI is InChI=1S/C10H14N2O2S/c13-9(14)10(2-1-3-11-6-10)4-8-5-15-7-12-8/h5,7,11H,1-4,6H2,(H,13,14). The van der Waals surface area contributed by atoms with Crippen molar-refractivity contribution in [2.75, 3.05) is 13.1 Å². The molecule has 1 aliphatic heterocycles. The molecule has 0 bridgehead atoms. The fourth-order valence-corrected chi connectivity index (χ4v) is 2.61. The van der Waals surface area contributed by atoms with Gasteiger partial charge in [-0.1, -0.05) is 0 Å². The van der Waals surface area contributed by atoms with Crippen molar-refractivity contribution >= 4 is 17.3 Å². The van der Waals surface area contributed by atoms with E-state index in [1.54, 1.807) is 5.51 Å². The van der Waals surface area contributed by atoms with Crippen molar-refractivity contribution in [2.24, 2.45) is 5.41 Å². The lowest BCUT2D eigenvalue weighted by Gasteiger charge is -2.33. The number of nitrogens with one attached hydrogen (secondary N) is 1. The quantitative estimate of drug-likeness (QED) is 0.811. The van der Waals surface area contributed by atoms with Gasteiger partial charge in [-0.3, -0.25) is 4.79 Å². The molecule has 2 heterocycles. The summed E-state index contributed by atoms with van der Waals surface area (Å²) in [5.41, 5.74) is 2.00. The molecule has 2 rings (SSSR count). The van der Waals surface area contributed by atoms with Gasteiger partial charge in [-0.15, -0.1) is 11.3 Å². The Morgan fingerprint density at radius 2 is 2.60 bits per heavy atom. The third-order valence-electron chi connectivity index (χ3n) is 2.93. The number of aromatic nitrogens is 1. The van der Waals surface area contributed by atoms with E-state index in [-0.39, 0.29) is 0 Å². The molecule has 0 aliphatic carbocycles. The monoisotopic (exact) mass is 226 g/mol. The number of hydrogen-bond donors (Lipinski definition) is 2. The van der Waals surface area contributed by atoms with E-state index in [0.717, 1.165) is 25.1 Å². The van der Waals surface area contributed by atoms with Crippen LogP contribution in [-0.2, 0) is 11.2 Å². The number of carbonyl (C=O) groups is 1. The van der Waals surface area contributed by atoms with E-state index in [2.05, 4.69) is 10.3 Å². The number of rotatable bonds is 3. The molecule has 15 heavy (non-hydrogen) atoms. The number of piperidine rings is 1. The van der Waals surface area contributed by atoms with Crippen LogP contribution >= 0.6 is 11.3 Å². The summed E-state index contributed by atoms with van der Waals surface area (Å²) in [5, 5.41) is 14.4.